The summed E-state index contributed by atoms with van der Waals surface area (Å²) in [4.78, 5) is -0.274. The van der Waals surface area contributed by atoms with Gasteiger partial charge in [-0.1, -0.05) is 0 Å². The van der Waals surface area contributed by atoms with Gasteiger partial charge in [-0.05, 0) is 23.9 Å². The van der Waals surface area contributed by atoms with Crippen LogP contribution in [0.2, 0.25) is 0 Å². The Morgan fingerprint density at radius 3 is 2.39 bits per heavy atom. The second-order valence-corrected chi connectivity index (χ2v) is 4.33. The van der Waals surface area contributed by atoms with Crippen LogP contribution in [0.5, 0.6) is 0 Å². The van der Waals surface area contributed by atoms with Crippen LogP contribution in [0.25, 0.3) is 0 Å². The predicted octanol–water partition coefficient (Wildman–Crippen LogP) is 2.09. The summed E-state index contributed by atoms with van der Waals surface area (Å²) in [6.45, 7) is 1.57. The largest absolute Gasteiger partial charge is 0.416 e. The van der Waals surface area contributed by atoms with E-state index >= 15 is 0 Å². The fraction of sp³-hybridized carbons (Fsp3) is 0.100. The van der Waals surface area contributed by atoms with E-state index in [9.17, 15) is 8.78 Å². The van der Waals surface area contributed by atoms with Crippen LogP contribution in [-0.4, -0.2) is 16.0 Å². The summed E-state index contributed by atoms with van der Waals surface area (Å²) in [6, 6.07) is 1.97. The molecule has 0 aliphatic carbocycles. The van der Waals surface area contributed by atoms with Crippen LogP contribution in [0.15, 0.2) is 26.7 Å². The van der Waals surface area contributed by atoms with Crippen molar-refractivity contribution < 1.29 is 13.2 Å². The molecule has 0 aliphatic rings. The van der Waals surface area contributed by atoms with Gasteiger partial charge in [0.1, 0.15) is 17.5 Å². The molecule has 0 saturated heterocycles. The van der Waals surface area contributed by atoms with Crippen LogP contribution in [-0.2, 0) is 0 Å². The Morgan fingerprint density at radius 1 is 1.33 bits per heavy atom. The van der Waals surface area contributed by atoms with Gasteiger partial charge in [-0.3, -0.25) is 5.41 Å². The Balaban J connectivity index is 2.37. The molecule has 3 N–H and O–H groups in total. The van der Waals surface area contributed by atoms with Crippen LogP contribution in [0.3, 0.4) is 0 Å². The molecule has 8 heteroatoms. The molecule has 0 radical (unpaired) electrons. The standard InChI is InChI=1S/C10H8F2N4OS/c1-4-15-16-10(17-4)18-8-6(11)2-5(9(13)14)3-7(8)12/h2-3H,1H3,(H3,13,14). The number of rotatable bonds is 3. The van der Waals surface area contributed by atoms with Crippen LogP contribution in [0.4, 0.5) is 8.78 Å². The average Bonchev–Trinajstić information content (AvgIpc) is 2.69. The average molecular weight is 270 g/mol. The van der Waals surface area contributed by atoms with Crippen molar-refractivity contribution in [1.29, 1.82) is 5.41 Å². The maximum absolute atomic E-state index is 13.7. The molecule has 94 valence electrons. The van der Waals surface area contributed by atoms with Crippen LogP contribution >= 0.6 is 11.8 Å². The molecule has 0 saturated carbocycles. The van der Waals surface area contributed by atoms with E-state index in [1.807, 2.05) is 0 Å². The van der Waals surface area contributed by atoms with E-state index in [4.69, 9.17) is 15.6 Å². The third-order valence-electron chi connectivity index (χ3n) is 2.01. The summed E-state index contributed by atoms with van der Waals surface area (Å²) in [5.74, 6) is -1.77. The molecular formula is C10H8F2N4OS. The molecule has 0 spiro atoms. The lowest BCUT2D eigenvalue weighted by Gasteiger charge is -2.04. The number of nitrogens with one attached hydrogen (secondary N) is 1. The zero-order chi connectivity index (χ0) is 13.3. The summed E-state index contributed by atoms with van der Waals surface area (Å²) in [5.41, 5.74) is 5.14. The maximum atomic E-state index is 13.7. The summed E-state index contributed by atoms with van der Waals surface area (Å²) >= 11 is 0.681. The number of hydrogen-bond donors (Lipinski definition) is 2. The lowest BCUT2D eigenvalue weighted by molar-refractivity contribution is 0.428. The van der Waals surface area contributed by atoms with Gasteiger partial charge in [0.25, 0.3) is 5.22 Å². The van der Waals surface area contributed by atoms with Gasteiger partial charge in [-0.15, -0.1) is 10.2 Å². The maximum Gasteiger partial charge on any atom is 0.281 e. The number of benzene rings is 1. The molecule has 0 atom stereocenters. The fourth-order valence-electron chi connectivity index (χ4n) is 1.22. The minimum Gasteiger partial charge on any atom is -0.416 e. The minimum atomic E-state index is -0.832. The van der Waals surface area contributed by atoms with Gasteiger partial charge in [0, 0.05) is 12.5 Å². The molecule has 1 heterocycles. The fourth-order valence-corrected chi connectivity index (χ4v) is 1.95. The first-order valence-corrected chi connectivity index (χ1v) is 5.60. The van der Waals surface area contributed by atoms with E-state index in [1.54, 1.807) is 6.92 Å². The number of nitrogens with zero attached hydrogens (tertiary/aromatic N) is 2. The number of nitrogen functional groups attached to an aromatic ring is 1. The van der Waals surface area contributed by atoms with Gasteiger partial charge in [0.05, 0.1) is 4.90 Å². The highest BCUT2D eigenvalue weighted by Crippen LogP contribution is 2.31. The molecule has 0 unspecified atom stereocenters. The Hall–Kier alpha value is -1.96. The van der Waals surface area contributed by atoms with Crippen molar-refractivity contribution in [3.63, 3.8) is 0 Å². The Bertz CT molecular complexity index is 591. The van der Waals surface area contributed by atoms with E-state index in [-0.39, 0.29) is 15.7 Å². The molecule has 5 nitrogen and oxygen atoms in total. The Kier molecular flexibility index (Phi) is 3.28. The molecule has 0 aliphatic heterocycles. The number of aromatic nitrogens is 2. The highest BCUT2D eigenvalue weighted by Gasteiger charge is 2.16. The Labute approximate surface area is 105 Å². The molecule has 2 aromatic rings. The van der Waals surface area contributed by atoms with Crippen LogP contribution in [0, 0.1) is 24.0 Å². The first kappa shape index (κ1) is 12.5. The predicted molar refractivity (Wildman–Crippen MR) is 60.5 cm³/mol. The number of hydrogen-bond acceptors (Lipinski definition) is 5. The number of amidine groups is 1. The van der Waals surface area contributed by atoms with Crippen LogP contribution in [0.1, 0.15) is 11.5 Å². The van der Waals surface area contributed by atoms with Gasteiger partial charge in [-0.2, -0.15) is 0 Å². The zero-order valence-electron chi connectivity index (χ0n) is 9.20. The number of nitrogens with two attached hydrogens (primary N) is 1. The quantitative estimate of drug-likeness (QED) is 0.658. The van der Waals surface area contributed by atoms with Crippen molar-refractivity contribution in [2.75, 3.05) is 0 Å². The lowest BCUT2D eigenvalue weighted by atomic mass is 10.2. The summed E-state index contributed by atoms with van der Waals surface area (Å²) in [5, 5.41) is 14.3. The molecule has 0 amide bonds. The highest BCUT2D eigenvalue weighted by molar-refractivity contribution is 7.99. The summed E-state index contributed by atoms with van der Waals surface area (Å²) in [7, 11) is 0. The number of halogens is 2. The van der Waals surface area contributed by atoms with Crippen molar-refractivity contribution in [3.8, 4) is 0 Å². The van der Waals surface area contributed by atoms with Gasteiger partial charge in [0.2, 0.25) is 5.89 Å². The van der Waals surface area contributed by atoms with Gasteiger partial charge < -0.3 is 10.2 Å². The van der Waals surface area contributed by atoms with E-state index < -0.39 is 17.5 Å². The third kappa shape index (κ3) is 2.48. The molecule has 2 rings (SSSR count). The molecule has 0 fully saturated rings. The zero-order valence-corrected chi connectivity index (χ0v) is 10.0. The molecule has 0 bridgehead atoms. The van der Waals surface area contributed by atoms with Crippen LogP contribution < -0.4 is 5.73 Å². The van der Waals surface area contributed by atoms with Crippen molar-refractivity contribution in [3.05, 3.63) is 35.2 Å². The third-order valence-corrected chi connectivity index (χ3v) is 2.94. The van der Waals surface area contributed by atoms with Gasteiger partial charge >= 0.3 is 0 Å². The Morgan fingerprint density at radius 2 is 1.94 bits per heavy atom. The summed E-state index contributed by atoms with van der Waals surface area (Å²) in [6.07, 6.45) is 0. The van der Waals surface area contributed by atoms with Crippen molar-refractivity contribution >= 4 is 17.6 Å². The van der Waals surface area contributed by atoms with Gasteiger partial charge in [-0.25, -0.2) is 8.78 Å². The molecule has 1 aromatic carbocycles. The van der Waals surface area contributed by atoms with E-state index in [1.165, 1.54) is 0 Å². The van der Waals surface area contributed by atoms with E-state index in [2.05, 4.69) is 10.2 Å². The molecule has 1 aromatic heterocycles. The van der Waals surface area contributed by atoms with Gasteiger partial charge in [0.15, 0.2) is 0 Å². The van der Waals surface area contributed by atoms with E-state index in [0.717, 1.165) is 12.1 Å². The summed E-state index contributed by atoms with van der Waals surface area (Å²) < 4.78 is 32.3. The smallest absolute Gasteiger partial charge is 0.281 e. The van der Waals surface area contributed by atoms with Crippen molar-refractivity contribution in [2.45, 2.75) is 17.0 Å². The minimum absolute atomic E-state index is 0.0175. The molecule has 18 heavy (non-hydrogen) atoms. The number of aryl methyl sites for hydroxylation is 1. The lowest BCUT2D eigenvalue weighted by Crippen LogP contribution is -2.12. The monoisotopic (exact) mass is 270 g/mol. The van der Waals surface area contributed by atoms with Crippen molar-refractivity contribution in [1.82, 2.24) is 10.2 Å². The first-order valence-electron chi connectivity index (χ1n) is 4.79. The second-order valence-electron chi connectivity index (χ2n) is 3.37. The van der Waals surface area contributed by atoms with E-state index in [0.29, 0.717) is 17.7 Å². The molecular weight excluding hydrogens is 262 g/mol. The highest BCUT2D eigenvalue weighted by atomic mass is 32.2. The SMILES string of the molecule is Cc1nnc(Sc2c(F)cc(C(=N)N)cc2F)o1. The van der Waals surface area contributed by atoms with Crippen molar-refractivity contribution in [2.24, 2.45) is 5.73 Å². The first-order chi connectivity index (χ1) is 8.47. The normalized spacial score (nSPS) is 10.6. The second kappa shape index (κ2) is 4.73. The topological polar surface area (TPSA) is 88.8 Å².